The Balaban J connectivity index is 2.48. The minimum Gasteiger partial charge on any atom is -0.345 e. The first-order valence-electron chi connectivity index (χ1n) is 3.56. The fraction of sp³-hybridized carbons (Fsp3) is 0.857. The molecule has 1 rings (SSSR count). The second-order valence-electron chi connectivity index (χ2n) is 2.56. The van der Waals surface area contributed by atoms with Crippen molar-refractivity contribution in [2.45, 2.75) is 25.6 Å². The summed E-state index contributed by atoms with van der Waals surface area (Å²) in [6.45, 7) is 3.17. The van der Waals surface area contributed by atoms with Crippen molar-refractivity contribution in [2.75, 3.05) is 13.2 Å². The number of nitrogens with one attached hydrogen (secondary N) is 1. The molecule has 0 atom stereocenters. The Hall–Kier alpha value is -0.410. The summed E-state index contributed by atoms with van der Waals surface area (Å²) in [7, 11) is 0. The van der Waals surface area contributed by atoms with E-state index in [0.29, 0.717) is 13.2 Å². The molecule has 0 bridgehead atoms. The van der Waals surface area contributed by atoms with Crippen LogP contribution in [0, 0.1) is 5.41 Å². The van der Waals surface area contributed by atoms with Gasteiger partial charge in [-0.05, 0) is 19.8 Å². The summed E-state index contributed by atoms with van der Waals surface area (Å²) in [5.41, 5.74) is 0. The Kier molecular flexibility index (Phi) is 2.40. The standard InChI is InChI=1S/C7H13NO2/c1-7(6-8)9-4-2-3-5-10-7/h6,8H,2-5H2,1H3. The van der Waals surface area contributed by atoms with Gasteiger partial charge in [0.15, 0.2) is 0 Å². The van der Waals surface area contributed by atoms with Crippen LogP contribution in [0.15, 0.2) is 0 Å². The molecule has 1 N–H and O–H groups in total. The second-order valence-corrected chi connectivity index (χ2v) is 2.56. The van der Waals surface area contributed by atoms with Crippen molar-refractivity contribution in [1.29, 1.82) is 5.41 Å². The third-order valence-corrected chi connectivity index (χ3v) is 1.58. The number of hydrogen-bond acceptors (Lipinski definition) is 3. The van der Waals surface area contributed by atoms with Gasteiger partial charge in [-0.2, -0.15) is 0 Å². The average molecular weight is 143 g/mol. The third-order valence-electron chi connectivity index (χ3n) is 1.58. The van der Waals surface area contributed by atoms with Crippen LogP contribution in [0.25, 0.3) is 0 Å². The summed E-state index contributed by atoms with van der Waals surface area (Å²) in [5.74, 6) is -0.753. The quantitative estimate of drug-likeness (QED) is 0.560. The summed E-state index contributed by atoms with van der Waals surface area (Å²) >= 11 is 0. The van der Waals surface area contributed by atoms with Crippen molar-refractivity contribution < 1.29 is 9.47 Å². The zero-order valence-electron chi connectivity index (χ0n) is 6.22. The summed E-state index contributed by atoms with van der Waals surface area (Å²) < 4.78 is 10.5. The fourth-order valence-corrected chi connectivity index (χ4v) is 0.879. The van der Waals surface area contributed by atoms with Gasteiger partial charge in [0, 0.05) is 0 Å². The van der Waals surface area contributed by atoms with Crippen LogP contribution >= 0.6 is 0 Å². The van der Waals surface area contributed by atoms with Gasteiger partial charge in [-0.25, -0.2) is 0 Å². The summed E-state index contributed by atoms with van der Waals surface area (Å²) in [6.07, 6.45) is 3.27. The first-order chi connectivity index (χ1) is 4.77. The molecule has 1 aliphatic heterocycles. The van der Waals surface area contributed by atoms with Crippen LogP contribution in [0.3, 0.4) is 0 Å². The van der Waals surface area contributed by atoms with Gasteiger partial charge in [0.1, 0.15) is 0 Å². The molecule has 1 fully saturated rings. The van der Waals surface area contributed by atoms with Gasteiger partial charge in [-0.3, -0.25) is 0 Å². The van der Waals surface area contributed by atoms with Crippen LogP contribution in [0.5, 0.6) is 0 Å². The lowest BCUT2D eigenvalue weighted by atomic mass is 10.3. The maximum absolute atomic E-state index is 7.02. The monoisotopic (exact) mass is 143 g/mol. The van der Waals surface area contributed by atoms with Crippen molar-refractivity contribution >= 4 is 6.21 Å². The third kappa shape index (κ3) is 1.78. The molecule has 1 saturated heterocycles. The van der Waals surface area contributed by atoms with Crippen molar-refractivity contribution in [2.24, 2.45) is 0 Å². The van der Waals surface area contributed by atoms with E-state index in [9.17, 15) is 0 Å². The van der Waals surface area contributed by atoms with Crippen LogP contribution in [-0.4, -0.2) is 25.2 Å². The molecule has 0 amide bonds. The van der Waals surface area contributed by atoms with E-state index in [-0.39, 0.29) is 0 Å². The van der Waals surface area contributed by atoms with E-state index in [0.717, 1.165) is 12.8 Å². The molecule has 10 heavy (non-hydrogen) atoms. The Morgan fingerprint density at radius 2 is 1.80 bits per heavy atom. The molecule has 58 valence electrons. The van der Waals surface area contributed by atoms with E-state index in [1.54, 1.807) is 6.92 Å². The number of hydrogen-bond donors (Lipinski definition) is 1. The minimum absolute atomic E-state index is 0.700. The van der Waals surface area contributed by atoms with Crippen molar-refractivity contribution in [3.63, 3.8) is 0 Å². The Morgan fingerprint density at radius 3 is 2.20 bits per heavy atom. The molecule has 1 aliphatic rings. The molecule has 0 aliphatic carbocycles. The van der Waals surface area contributed by atoms with Gasteiger partial charge in [0.2, 0.25) is 5.79 Å². The molecule has 3 heteroatoms. The molecule has 0 aromatic carbocycles. The maximum atomic E-state index is 7.02. The lowest BCUT2D eigenvalue weighted by molar-refractivity contribution is -0.158. The molecule has 0 aromatic heterocycles. The second kappa shape index (κ2) is 3.12. The Bertz CT molecular complexity index is 117. The first kappa shape index (κ1) is 7.69. The molecular formula is C7H13NO2. The topological polar surface area (TPSA) is 42.3 Å². The predicted octanol–water partition coefficient (Wildman–Crippen LogP) is 1.18. The Labute approximate surface area is 60.8 Å². The number of rotatable bonds is 1. The van der Waals surface area contributed by atoms with E-state index in [4.69, 9.17) is 14.9 Å². The van der Waals surface area contributed by atoms with Gasteiger partial charge in [-0.15, -0.1) is 0 Å². The van der Waals surface area contributed by atoms with E-state index in [1.807, 2.05) is 0 Å². The van der Waals surface area contributed by atoms with Crippen LogP contribution in [0.4, 0.5) is 0 Å². The van der Waals surface area contributed by atoms with Gasteiger partial charge in [0.25, 0.3) is 0 Å². The molecule has 0 radical (unpaired) electrons. The summed E-state index contributed by atoms with van der Waals surface area (Å²) in [4.78, 5) is 0. The SMILES string of the molecule is CC1(C=N)OCCCCO1. The molecule has 0 unspecified atom stereocenters. The first-order valence-corrected chi connectivity index (χ1v) is 3.56. The molecule has 3 nitrogen and oxygen atoms in total. The highest BCUT2D eigenvalue weighted by molar-refractivity contribution is 5.62. The molecular weight excluding hydrogens is 130 g/mol. The van der Waals surface area contributed by atoms with E-state index < -0.39 is 5.79 Å². The van der Waals surface area contributed by atoms with Crippen LogP contribution in [0.2, 0.25) is 0 Å². The summed E-state index contributed by atoms with van der Waals surface area (Å²) in [5, 5.41) is 7.02. The van der Waals surface area contributed by atoms with Crippen LogP contribution in [0.1, 0.15) is 19.8 Å². The largest absolute Gasteiger partial charge is 0.345 e. The van der Waals surface area contributed by atoms with E-state index in [1.165, 1.54) is 6.21 Å². The smallest absolute Gasteiger partial charge is 0.201 e. The minimum atomic E-state index is -0.753. The van der Waals surface area contributed by atoms with Gasteiger partial charge in [-0.1, -0.05) is 0 Å². The van der Waals surface area contributed by atoms with E-state index >= 15 is 0 Å². The van der Waals surface area contributed by atoms with Crippen LogP contribution < -0.4 is 0 Å². The van der Waals surface area contributed by atoms with Crippen molar-refractivity contribution in [1.82, 2.24) is 0 Å². The fourth-order valence-electron chi connectivity index (χ4n) is 0.879. The number of ether oxygens (including phenoxy) is 2. The lowest BCUT2D eigenvalue weighted by Crippen LogP contribution is -2.32. The van der Waals surface area contributed by atoms with Crippen molar-refractivity contribution in [3.05, 3.63) is 0 Å². The zero-order valence-corrected chi connectivity index (χ0v) is 6.22. The average Bonchev–Trinajstić information content (AvgIpc) is 2.15. The highest BCUT2D eigenvalue weighted by atomic mass is 16.7. The van der Waals surface area contributed by atoms with E-state index in [2.05, 4.69) is 0 Å². The summed E-state index contributed by atoms with van der Waals surface area (Å²) in [6, 6.07) is 0. The Morgan fingerprint density at radius 1 is 1.30 bits per heavy atom. The van der Waals surface area contributed by atoms with Crippen molar-refractivity contribution in [3.8, 4) is 0 Å². The van der Waals surface area contributed by atoms with Gasteiger partial charge >= 0.3 is 0 Å². The predicted molar refractivity (Wildman–Crippen MR) is 38.3 cm³/mol. The van der Waals surface area contributed by atoms with Gasteiger partial charge < -0.3 is 14.9 Å². The van der Waals surface area contributed by atoms with Crippen LogP contribution in [-0.2, 0) is 9.47 Å². The molecule has 0 spiro atoms. The highest BCUT2D eigenvalue weighted by Crippen LogP contribution is 2.14. The van der Waals surface area contributed by atoms with Gasteiger partial charge in [0.05, 0.1) is 19.4 Å². The molecule has 0 saturated carbocycles. The normalized spacial score (nSPS) is 25.3. The maximum Gasteiger partial charge on any atom is 0.201 e. The highest BCUT2D eigenvalue weighted by Gasteiger charge is 2.24. The molecule has 0 aromatic rings. The molecule has 1 heterocycles. The zero-order chi connectivity index (χ0) is 7.45. The lowest BCUT2D eigenvalue weighted by Gasteiger charge is -2.22.